The first-order valence-corrected chi connectivity index (χ1v) is 9.73. The van der Waals surface area contributed by atoms with Crippen molar-refractivity contribution < 1.29 is 13.2 Å². The van der Waals surface area contributed by atoms with Crippen LogP contribution in [0.2, 0.25) is 0 Å². The molecular weight excluding hydrogens is 274 g/mol. The van der Waals surface area contributed by atoms with Gasteiger partial charge in [-0.2, -0.15) is 0 Å². The van der Waals surface area contributed by atoms with Gasteiger partial charge in [0, 0.05) is 26.3 Å². The molecule has 0 radical (unpaired) electrons. The van der Waals surface area contributed by atoms with E-state index in [0.717, 1.165) is 58.4 Å². The molecular formula is C15H29NO3S. The van der Waals surface area contributed by atoms with Gasteiger partial charge >= 0.3 is 0 Å². The lowest BCUT2D eigenvalue weighted by Gasteiger charge is -2.25. The molecule has 4 nitrogen and oxygen atoms in total. The van der Waals surface area contributed by atoms with Crippen molar-refractivity contribution in [2.24, 2.45) is 17.8 Å². The lowest BCUT2D eigenvalue weighted by molar-refractivity contribution is 0.0721. The number of hydrogen-bond donors (Lipinski definition) is 0. The zero-order chi connectivity index (χ0) is 14.6. The highest BCUT2D eigenvalue weighted by Gasteiger charge is 2.35. The Hall–Kier alpha value is -0.130. The Labute approximate surface area is 123 Å². The minimum absolute atomic E-state index is 0.293. The molecule has 0 aromatic rings. The summed E-state index contributed by atoms with van der Waals surface area (Å²) in [5.74, 6) is 1.86. The van der Waals surface area contributed by atoms with Crippen LogP contribution in [0.4, 0.5) is 0 Å². The third-order valence-corrected chi connectivity index (χ3v) is 7.09. The van der Waals surface area contributed by atoms with Gasteiger partial charge in [-0.15, -0.1) is 0 Å². The van der Waals surface area contributed by atoms with Crippen LogP contribution >= 0.6 is 0 Å². The van der Waals surface area contributed by atoms with Gasteiger partial charge in [-0.1, -0.05) is 26.7 Å². The Bertz CT molecular complexity index is 386. The van der Waals surface area contributed by atoms with Crippen molar-refractivity contribution in [1.29, 1.82) is 0 Å². The average molecular weight is 303 g/mol. The molecule has 0 N–H and O–H groups in total. The summed E-state index contributed by atoms with van der Waals surface area (Å²) < 4.78 is 32.1. The average Bonchev–Trinajstić information content (AvgIpc) is 2.91. The lowest BCUT2D eigenvalue weighted by Crippen LogP contribution is -2.35. The smallest absolute Gasteiger partial charge is 0.214 e. The third kappa shape index (κ3) is 3.95. The van der Waals surface area contributed by atoms with Gasteiger partial charge in [0.05, 0.1) is 5.75 Å². The van der Waals surface area contributed by atoms with Crippen molar-refractivity contribution in [2.45, 2.75) is 46.0 Å². The molecule has 2 aliphatic heterocycles. The van der Waals surface area contributed by atoms with Gasteiger partial charge < -0.3 is 4.74 Å². The molecule has 0 aromatic heterocycles. The largest absolute Gasteiger partial charge is 0.381 e. The summed E-state index contributed by atoms with van der Waals surface area (Å²) in [7, 11) is -3.06. The monoisotopic (exact) mass is 303 g/mol. The van der Waals surface area contributed by atoms with Gasteiger partial charge in [-0.05, 0) is 37.0 Å². The highest BCUT2D eigenvalue weighted by molar-refractivity contribution is 7.89. The van der Waals surface area contributed by atoms with Gasteiger partial charge in [0.1, 0.15) is 0 Å². The summed E-state index contributed by atoms with van der Waals surface area (Å²) in [5, 5.41) is 0. The Morgan fingerprint density at radius 1 is 1.15 bits per heavy atom. The van der Waals surface area contributed by atoms with Gasteiger partial charge in [0.2, 0.25) is 10.0 Å². The van der Waals surface area contributed by atoms with Crippen LogP contribution in [0.1, 0.15) is 46.0 Å². The van der Waals surface area contributed by atoms with Crippen molar-refractivity contribution in [3.05, 3.63) is 0 Å². The summed E-state index contributed by atoms with van der Waals surface area (Å²) in [6.45, 7) is 7.35. The van der Waals surface area contributed by atoms with Crippen LogP contribution in [0.25, 0.3) is 0 Å². The molecule has 0 aliphatic carbocycles. The maximum absolute atomic E-state index is 12.5. The van der Waals surface area contributed by atoms with E-state index in [0.29, 0.717) is 23.5 Å². The van der Waals surface area contributed by atoms with E-state index < -0.39 is 10.0 Å². The van der Waals surface area contributed by atoms with Crippen LogP contribution in [0.3, 0.4) is 0 Å². The van der Waals surface area contributed by atoms with E-state index >= 15 is 0 Å². The predicted octanol–water partition coefficient (Wildman–Crippen LogP) is 2.50. The molecule has 2 rings (SSSR count). The standard InChI is InChI=1S/C15H29NO3S/c1-3-14(4-2)15-5-8-16(11-15)20(17,18)12-13-6-9-19-10-7-13/h13-15H,3-12H2,1-2H3/t15-/m1/s1. The summed E-state index contributed by atoms with van der Waals surface area (Å²) in [6, 6.07) is 0. The first kappa shape index (κ1) is 16.2. The topological polar surface area (TPSA) is 46.6 Å². The fourth-order valence-electron chi connectivity index (χ4n) is 3.66. The fourth-order valence-corrected chi connectivity index (χ4v) is 5.61. The molecule has 2 heterocycles. The second-order valence-corrected chi connectivity index (χ2v) is 8.33. The van der Waals surface area contributed by atoms with Gasteiger partial charge in [0.15, 0.2) is 0 Å². The first-order chi connectivity index (χ1) is 9.56. The van der Waals surface area contributed by atoms with Gasteiger partial charge in [0.25, 0.3) is 0 Å². The van der Waals surface area contributed by atoms with Gasteiger partial charge in [-0.25, -0.2) is 12.7 Å². The SMILES string of the molecule is CCC(CC)[C@@H]1CCN(S(=O)(=O)CC2CCOCC2)C1. The second kappa shape index (κ2) is 7.23. The fraction of sp³-hybridized carbons (Fsp3) is 1.00. The van der Waals surface area contributed by atoms with Crippen molar-refractivity contribution in [2.75, 3.05) is 32.1 Å². The van der Waals surface area contributed by atoms with Crippen LogP contribution in [0.15, 0.2) is 0 Å². The van der Waals surface area contributed by atoms with E-state index in [1.807, 2.05) is 0 Å². The van der Waals surface area contributed by atoms with Crippen LogP contribution in [0, 0.1) is 17.8 Å². The van der Waals surface area contributed by atoms with Crippen LogP contribution in [-0.4, -0.2) is 44.8 Å². The second-order valence-electron chi connectivity index (χ2n) is 6.32. The van der Waals surface area contributed by atoms with Crippen molar-refractivity contribution in [3.8, 4) is 0 Å². The number of ether oxygens (including phenoxy) is 1. The predicted molar refractivity (Wildman–Crippen MR) is 81.1 cm³/mol. The molecule has 118 valence electrons. The number of hydrogen-bond acceptors (Lipinski definition) is 3. The molecule has 0 bridgehead atoms. The molecule has 5 heteroatoms. The summed E-state index contributed by atoms with van der Waals surface area (Å²) in [5.41, 5.74) is 0. The minimum Gasteiger partial charge on any atom is -0.381 e. The molecule has 0 aromatic carbocycles. The lowest BCUT2D eigenvalue weighted by atomic mass is 9.87. The summed E-state index contributed by atoms with van der Waals surface area (Å²) in [6.07, 6.45) is 5.15. The van der Waals surface area contributed by atoms with E-state index in [9.17, 15) is 8.42 Å². The van der Waals surface area contributed by atoms with Crippen LogP contribution in [0.5, 0.6) is 0 Å². The van der Waals surface area contributed by atoms with E-state index in [2.05, 4.69) is 13.8 Å². The molecule has 0 spiro atoms. The summed E-state index contributed by atoms with van der Waals surface area (Å²) >= 11 is 0. The maximum Gasteiger partial charge on any atom is 0.214 e. The molecule has 2 fully saturated rings. The molecule has 2 saturated heterocycles. The maximum atomic E-state index is 12.5. The Kier molecular flexibility index (Phi) is 5.87. The van der Waals surface area contributed by atoms with E-state index in [-0.39, 0.29) is 0 Å². The molecule has 20 heavy (non-hydrogen) atoms. The number of rotatable bonds is 6. The molecule has 0 unspecified atom stereocenters. The normalized spacial score (nSPS) is 26.4. The minimum atomic E-state index is -3.06. The quantitative estimate of drug-likeness (QED) is 0.757. The van der Waals surface area contributed by atoms with Crippen molar-refractivity contribution in [1.82, 2.24) is 4.31 Å². The van der Waals surface area contributed by atoms with E-state index in [1.165, 1.54) is 0 Å². The van der Waals surface area contributed by atoms with E-state index in [4.69, 9.17) is 4.74 Å². The zero-order valence-electron chi connectivity index (χ0n) is 12.9. The summed E-state index contributed by atoms with van der Waals surface area (Å²) in [4.78, 5) is 0. The van der Waals surface area contributed by atoms with E-state index in [1.54, 1.807) is 4.31 Å². The molecule has 0 saturated carbocycles. The molecule has 0 amide bonds. The van der Waals surface area contributed by atoms with Crippen LogP contribution < -0.4 is 0 Å². The Morgan fingerprint density at radius 2 is 1.80 bits per heavy atom. The Morgan fingerprint density at radius 3 is 2.40 bits per heavy atom. The Balaban J connectivity index is 1.90. The third-order valence-electron chi connectivity index (χ3n) is 5.08. The first-order valence-electron chi connectivity index (χ1n) is 8.12. The van der Waals surface area contributed by atoms with Crippen LogP contribution in [-0.2, 0) is 14.8 Å². The number of nitrogens with zero attached hydrogens (tertiary/aromatic N) is 1. The highest BCUT2D eigenvalue weighted by atomic mass is 32.2. The number of sulfonamides is 1. The zero-order valence-corrected chi connectivity index (χ0v) is 13.7. The molecule has 2 aliphatic rings. The van der Waals surface area contributed by atoms with Crippen molar-refractivity contribution in [3.63, 3.8) is 0 Å². The highest BCUT2D eigenvalue weighted by Crippen LogP contribution is 2.31. The van der Waals surface area contributed by atoms with Gasteiger partial charge in [-0.3, -0.25) is 0 Å². The van der Waals surface area contributed by atoms with Crippen molar-refractivity contribution >= 4 is 10.0 Å². The molecule has 1 atom stereocenters.